The van der Waals surface area contributed by atoms with Gasteiger partial charge in [-0.2, -0.15) is 0 Å². The lowest BCUT2D eigenvalue weighted by atomic mass is 9.99. The number of hydrogen-bond donors (Lipinski definition) is 0. The van der Waals surface area contributed by atoms with Crippen molar-refractivity contribution < 1.29 is 0 Å². The first-order valence-corrected chi connectivity index (χ1v) is 13.1. The van der Waals surface area contributed by atoms with Gasteiger partial charge in [-0.15, -0.1) is 0 Å². The van der Waals surface area contributed by atoms with Crippen molar-refractivity contribution in [2.75, 3.05) is 0 Å². The van der Waals surface area contributed by atoms with E-state index in [-0.39, 0.29) is 0 Å². The van der Waals surface area contributed by atoms with Gasteiger partial charge >= 0.3 is 0 Å². The third kappa shape index (κ3) is 8.92. The zero-order valence-electron chi connectivity index (χ0n) is 23.2. The smallest absolute Gasteiger partial charge is 0.0152 e. The molecule has 0 heteroatoms. The molecule has 0 saturated heterocycles. The van der Waals surface area contributed by atoms with Gasteiger partial charge in [0.05, 0.1) is 0 Å². The van der Waals surface area contributed by atoms with Crippen LogP contribution in [0.4, 0.5) is 0 Å². The molecule has 5 rings (SSSR count). The summed E-state index contributed by atoms with van der Waals surface area (Å²) in [5.74, 6) is 0.653. The van der Waals surface area contributed by atoms with Gasteiger partial charge in [-0.25, -0.2) is 0 Å². The number of benzene rings is 5. The van der Waals surface area contributed by atoms with Crippen LogP contribution in [-0.2, 0) is 0 Å². The molecular formula is C37H40. The van der Waals surface area contributed by atoms with Crippen molar-refractivity contribution in [3.8, 4) is 22.3 Å². The van der Waals surface area contributed by atoms with Crippen LogP contribution in [0.3, 0.4) is 0 Å². The molecule has 5 aromatic rings. The Hall–Kier alpha value is -3.90. The summed E-state index contributed by atoms with van der Waals surface area (Å²) < 4.78 is 0. The van der Waals surface area contributed by atoms with Crippen molar-refractivity contribution in [1.29, 1.82) is 0 Å². The van der Waals surface area contributed by atoms with Crippen LogP contribution in [0.1, 0.15) is 47.6 Å². The maximum Gasteiger partial charge on any atom is -0.0152 e. The molecule has 0 atom stereocenters. The van der Waals surface area contributed by atoms with Crippen LogP contribution >= 0.6 is 0 Å². The fraction of sp³-hybridized carbons (Fsp3) is 0.189. The Morgan fingerprint density at radius 3 is 1.49 bits per heavy atom. The molecule has 188 valence electrons. The molecular weight excluding hydrogens is 444 g/mol. The fourth-order valence-corrected chi connectivity index (χ4v) is 4.07. The lowest BCUT2D eigenvalue weighted by Crippen LogP contribution is -1.85. The largest absolute Gasteiger partial charge is 0.0622 e. The molecule has 0 unspecified atom stereocenters. The summed E-state index contributed by atoms with van der Waals surface area (Å²) in [5, 5.41) is 0. The molecule has 0 radical (unpaired) electrons. The molecule has 0 nitrogen and oxygen atoms in total. The first-order valence-electron chi connectivity index (χ1n) is 13.1. The van der Waals surface area contributed by atoms with Crippen LogP contribution in [0.2, 0.25) is 0 Å². The maximum atomic E-state index is 2.24. The Kier molecular flexibility index (Phi) is 10.5. The second-order valence-corrected chi connectivity index (χ2v) is 9.99. The van der Waals surface area contributed by atoms with Crippen LogP contribution in [-0.4, -0.2) is 0 Å². The van der Waals surface area contributed by atoms with Gasteiger partial charge in [0, 0.05) is 0 Å². The molecule has 0 aliphatic heterocycles. The molecule has 0 aromatic heterocycles. The van der Waals surface area contributed by atoms with Gasteiger partial charge in [0.1, 0.15) is 0 Å². The Balaban J connectivity index is 0.000000157. The highest BCUT2D eigenvalue weighted by atomic mass is 14.1. The highest BCUT2D eigenvalue weighted by molar-refractivity contribution is 5.67. The molecule has 0 fully saturated rings. The molecule has 37 heavy (non-hydrogen) atoms. The molecule has 0 saturated carbocycles. The molecule has 0 amide bonds. The van der Waals surface area contributed by atoms with E-state index in [1.807, 2.05) is 6.07 Å². The third-order valence-corrected chi connectivity index (χ3v) is 6.35. The van der Waals surface area contributed by atoms with E-state index < -0.39 is 0 Å². The van der Waals surface area contributed by atoms with Crippen molar-refractivity contribution >= 4 is 0 Å². The van der Waals surface area contributed by atoms with Crippen molar-refractivity contribution in [1.82, 2.24) is 0 Å². The lowest BCUT2D eigenvalue weighted by Gasteiger charge is -2.06. The lowest BCUT2D eigenvalue weighted by molar-refractivity contribution is 0.866. The van der Waals surface area contributed by atoms with E-state index in [1.54, 1.807) is 0 Å². The van der Waals surface area contributed by atoms with Gasteiger partial charge in [-0.1, -0.05) is 158 Å². The van der Waals surface area contributed by atoms with E-state index >= 15 is 0 Å². The molecule has 0 spiro atoms. The zero-order chi connectivity index (χ0) is 26.6. The zero-order valence-corrected chi connectivity index (χ0v) is 23.2. The van der Waals surface area contributed by atoms with E-state index in [1.165, 1.54) is 50.1 Å². The van der Waals surface area contributed by atoms with Crippen LogP contribution in [0.25, 0.3) is 22.3 Å². The minimum absolute atomic E-state index is 0.653. The van der Waals surface area contributed by atoms with Gasteiger partial charge in [0.15, 0.2) is 0 Å². The SMILES string of the molecule is Cc1ccc(C(C)C)cc1.Cc1ccc(C)c(-c2ccccc2)c1.Cc1cccc(-c2ccccc2)c1. The maximum absolute atomic E-state index is 2.24. The molecule has 0 bridgehead atoms. The van der Waals surface area contributed by atoms with Gasteiger partial charge in [-0.3, -0.25) is 0 Å². The van der Waals surface area contributed by atoms with Crippen LogP contribution < -0.4 is 0 Å². The Morgan fingerprint density at radius 1 is 0.405 bits per heavy atom. The molecule has 5 aromatic carbocycles. The monoisotopic (exact) mass is 484 g/mol. The summed E-state index contributed by atoms with van der Waals surface area (Å²) in [7, 11) is 0. The quantitative estimate of drug-likeness (QED) is 0.239. The van der Waals surface area contributed by atoms with Gasteiger partial charge < -0.3 is 0 Å². The first-order chi connectivity index (χ1) is 17.8. The van der Waals surface area contributed by atoms with Crippen molar-refractivity contribution in [3.05, 3.63) is 155 Å². The second-order valence-electron chi connectivity index (χ2n) is 9.99. The van der Waals surface area contributed by atoms with Crippen LogP contribution in [0.5, 0.6) is 0 Å². The summed E-state index contributed by atoms with van der Waals surface area (Å²) in [6.07, 6.45) is 0. The average molecular weight is 485 g/mol. The van der Waals surface area contributed by atoms with Crippen LogP contribution in [0.15, 0.2) is 127 Å². The molecule has 0 aliphatic rings. The van der Waals surface area contributed by atoms with Gasteiger partial charge in [0.2, 0.25) is 0 Å². The summed E-state index contributed by atoms with van der Waals surface area (Å²) in [4.78, 5) is 0. The predicted molar refractivity (Wildman–Crippen MR) is 163 cm³/mol. The Morgan fingerprint density at radius 2 is 0.919 bits per heavy atom. The van der Waals surface area contributed by atoms with E-state index in [9.17, 15) is 0 Å². The summed E-state index contributed by atoms with van der Waals surface area (Å²) in [5.41, 5.74) is 11.9. The third-order valence-electron chi connectivity index (χ3n) is 6.35. The fourth-order valence-electron chi connectivity index (χ4n) is 4.07. The predicted octanol–water partition coefficient (Wildman–Crippen LogP) is 10.8. The van der Waals surface area contributed by atoms with Crippen molar-refractivity contribution in [2.24, 2.45) is 0 Å². The van der Waals surface area contributed by atoms with E-state index in [4.69, 9.17) is 0 Å². The van der Waals surface area contributed by atoms with E-state index in [0.717, 1.165) is 0 Å². The molecule has 0 N–H and O–H groups in total. The van der Waals surface area contributed by atoms with Crippen LogP contribution in [0, 0.1) is 27.7 Å². The Bertz CT molecular complexity index is 1340. The molecule has 0 heterocycles. The minimum Gasteiger partial charge on any atom is -0.0622 e. The first kappa shape index (κ1) is 27.7. The summed E-state index contributed by atoms with van der Waals surface area (Å²) >= 11 is 0. The minimum atomic E-state index is 0.653. The van der Waals surface area contributed by atoms with E-state index in [0.29, 0.717) is 5.92 Å². The molecule has 0 aliphatic carbocycles. The van der Waals surface area contributed by atoms with Gasteiger partial charge in [0.25, 0.3) is 0 Å². The normalized spacial score (nSPS) is 10.1. The highest BCUT2D eigenvalue weighted by Crippen LogP contribution is 2.24. The van der Waals surface area contributed by atoms with Gasteiger partial charge in [-0.05, 0) is 67.0 Å². The van der Waals surface area contributed by atoms with Crippen molar-refractivity contribution in [2.45, 2.75) is 47.5 Å². The summed E-state index contributed by atoms with van der Waals surface area (Å²) in [6, 6.07) is 44.8. The topological polar surface area (TPSA) is 0 Å². The van der Waals surface area contributed by atoms with Crippen molar-refractivity contribution in [3.63, 3.8) is 0 Å². The highest BCUT2D eigenvalue weighted by Gasteiger charge is 2.00. The number of hydrogen-bond acceptors (Lipinski definition) is 0. The Labute approximate surface area is 224 Å². The summed E-state index contributed by atoms with van der Waals surface area (Å²) in [6.45, 7) is 12.9. The average Bonchev–Trinajstić information content (AvgIpc) is 2.92. The standard InChI is InChI=1S/C14H14.C13H12.C10H14/c1-11-8-9-12(2)14(10-11)13-6-4-3-5-7-13;1-11-6-5-9-13(10-11)12-7-3-2-4-8-12;1-8(2)10-6-4-9(3)5-7-10/h3-10H,1-2H3;2-10H,1H3;4-8H,1-3H3. The second kappa shape index (κ2) is 14.0. The van der Waals surface area contributed by atoms with E-state index in [2.05, 4.69) is 163 Å². The number of rotatable bonds is 3. The number of aryl methyl sites for hydroxylation is 4.